The van der Waals surface area contributed by atoms with Crippen LogP contribution in [0.2, 0.25) is 0 Å². The zero-order valence-electron chi connectivity index (χ0n) is 24.1. The number of hydrogen-bond donors (Lipinski definition) is 1. The van der Waals surface area contributed by atoms with Crippen molar-refractivity contribution >= 4 is 32.3 Å². The van der Waals surface area contributed by atoms with Gasteiger partial charge in [-0.2, -0.15) is 0 Å². The number of phenols is 1. The summed E-state index contributed by atoms with van der Waals surface area (Å²) in [5.41, 5.74) is 12.6. The fourth-order valence-corrected chi connectivity index (χ4v) is 7.31. The van der Waals surface area contributed by atoms with Crippen molar-refractivity contribution in [3.8, 4) is 50.3 Å². The molecular weight excluding hydrogens is 532 g/mol. The van der Waals surface area contributed by atoms with Gasteiger partial charge in [0.2, 0.25) is 0 Å². The van der Waals surface area contributed by atoms with Crippen molar-refractivity contribution in [3.63, 3.8) is 0 Å². The van der Waals surface area contributed by atoms with E-state index in [1.54, 1.807) is 0 Å². The van der Waals surface area contributed by atoms with Gasteiger partial charge in [0.1, 0.15) is 5.75 Å². The maximum Gasteiger partial charge on any atom is 0.123 e. The normalized spacial score (nSPS) is 12.1. The summed E-state index contributed by atoms with van der Waals surface area (Å²) in [6, 6.07) is 54.3. The predicted molar refractivity (Wildman–Crippen MR) is 185 cm³/mol. The van der Waals surface area contributed by atoms with Gasteiger partial charge < -0.3 is 5.11 Å². The van der Waals surface area contributed by atoms with Gasteiger partial charge in [-0.15, -0.1) is 0 Å². The molecule has 1 N–H and O–H groups in total. The Balaban J connectivity index is 1.33. The molecule has 1 nitrogen and oxygen atoms in total. The van der Waals surface area contributed by atoms with Crippen molar-refractivity contribution in [2.45, 2.75) is 6.42 Å². The first kappa shape index (κ1) is 24.9. The van der Waals surface area contributed by atoms with E-state index in [2.05, 4.69) is 133 Å². The molecule has 9 rings (SSSR count). The van der Waals surface area contributed by atoms with Crippen LogP contribution in [-0.2, 0) is 6.42 Å². The minimum atomic E-state index is 0.314. The zero-order valence-corrected chi connectivity index (χ0v) is 24.1. The van der Waals surface area contributed by atoms with Crippen molar-refractivity contribution in [1.29, 1.82) is 0 Å². The lowest BCUT2D eigenvalue weighted by molar-refractivity contribution is 0.481. The van der Waals surface area contributed by atoms with Crippen molar-refractivity contribution in [3.05, 3.63) is 163 Å². The molecule has 44 heavy (non-hydrogen) atoms. The summed E-state index contributed by atoms with van der Waals surface area (Å²) in [7, 11) is 0. The van der Waals surface area contributed by atoms with Crippen LogP contribution < -0.4 is 0 Å². The van der Waals surface area contributed by atoms with Crippen LogP contribution in [0, 0.1) is 0 Å². The van der Waals surface area contributed by atoms with E-state index in [4.69, 9.17) is 0 Å². The van der Waals surface area contributed by atoms with Crippen LogP contribution in [0.1, 0.15) is 11.1 Å². The van der Waals surface area contributed by atoms with Crippen molar-refractivity contribution in [2.75, 3.05) is 0 Å². The number of fused-ring (bicyclic) bond motifs is 6. The smallest absolute Gasteiger partial charge is 0.123 e. The number of benzene rings is 8. The van der Waals surface area contributed by atoms with Gasteiger partial charge in [0.05, 0.1) is 0 Å². The van der Waals surface area contributed by atoms with Crippen LogP contribution in [0.15, 0.2) is 152 Å². The van der Waals surface area contributed by atoms with Gasteiger partial charge >= 0.3 is 0 Å². The molecule has 0 unspecified atom stereocenters. The summed E-state index contributed by atoms with van der Waals surface area (Å²) < 4.78 is 0. The fourth-order valence-electron chi connectivity index (χ4n) is 7.31. The third kappa shape index (κ3) is 3.80. The fraction of sp³-hybridized carbons (Fsp3) is 0.0233. The molecule has 1 heteroatoms. The summed E-state index contributed by atoms with van der Waals surface area (Å²) in [6.07, 6.45) is 0.876. The molecule has 0 radical (unpaired) electrons. The van der Waals surface area contributed by atoms with Crippen LogP contribution >= 0.6 is 0 Å². The lowest BCUT2D eigenvalue weighted by atomic mass is 9.87. The Labute approximate surface area is 256 Å². The Bertz CT molecular complexity index is 2420. The van der Waals surface area contributed by atoms with E-state index in [1.165, 1.54) is 71.6 Å². The van der Waals surface area contributed by atoms with Gasteiger partial charge in [-0.25, -0.2) is 0 Å². The lowest BCUT2D eigenvalue weighted by Crippen LogP contribution is -1.92. The second-order valence-corrected chi connectivity index (χ2v) is 11.8. The van der Waals surface area contributed by atoms with E-state index in [0.717, 1.165) is 22.8 Å². The Kier molecular flexibility index (Phi) is 5.48. The molecule has 0 aliphatic heterocycles. The highest BCUT2D eigenvalue weighted by molar-refractivity contribution is 6.05. The SMILES string of the molecule is Oc1ccc(-c2cc(-c3cccc4ccccc34)cc3c2Cc2ccc(-c4cccc5ccccc45)cc2-3)c2ccccc12. The third-order valence-corrected chi connectivity index (χ3v) is 9.41. The first-order chi connectivity index (χ1) is 21.7. The maximum atomic E-state index is 10.7. The molecule has 0 fully saturated rings. The highest BCUT2D eigenvalue weighted by Gasteiger charge is 2.25. The van der Waals surface area contributed by atoms with Gasteiger partial charge in [-0.3, -0.25) is 0 Å². The van der Waals surface area contributed by atoms with Crippen molar-refractivity contribution in [2.24, 2.45) is 0 Å². The van der Waals surface area contributed by atoms with Crippen molar-refractivity contribution in [1.82, 2.24) is 0 Å². The van der Waals surface area contributed by atoms with Gasteiger partial charge in [0.15, 0.2) is 0 Å². The van der Waals surface area contributed by atoms with E-state index in [1.807, 2.05) is 18.2 Å². The maximum absolute atomic E-state index is 10.7. The van der Waals surface area contributed by atoms with Gasteiger partial charge in [0, 0.05) is 5.39 Å². The van der Waals surface area contributed by atoms with Crippen LogP contribution in [0.25, 0.3) is 76.8 Å². The third-order valence-electron chi connectivity index (χ3n) is 9.41. The summed E-state index contributed by atoms with van der Waals surface area (Å²) in [5.74, 6) is 0.314. The Hall–Kier alpha value is -5.66. The largest absolute Gasteiger partial charge is 0.507 e. The molecule has 0 amide bonds. The van der Waals surface area contributed by atoms with Crippen LogP contribution in [0.4, 0.5) is 0 Å². The van der Waals surface area contributed by atoms with E-state index in [0.29, 0.717) is 5.75 Å². The van der Waals surface area contributed by atoms with Gasteiger partial charge in [-0.1, -0.05) is 127 Å². The topological polar surface area (TPSA) is 20.2 Å². The standard InChI is InChI=1S/C43H28O/c44-43-22-21-37(36-15-5-6-16-38(36)43)40-25-31(35-18-8-12-28-10-2-4-14-33(28)35)26-41-39-23-29(19-20-30(39)24-42(40)41)34-17-7-11-27-9-1-3-13-32(27)34/h1-23,25-26,44H,24H2. The van der Waals surface area contributed by atoms with Gasteiger partial charge in [0.25, 0.3) is 0 Å². The Morgan fingerprint density at radius 2 is 0.909 bits per heavy atom. The number of aromatic hydroxyl groups is 1. The second kappa shape index (κ2) is 9.69. The molecule has 8 aromatic carbocycles. The minimum absolute atomic E-state index is 0.314. The van der Waals surface area contributed by atoms with Gasteiger partial charge in [-0.05, 0) is 113 Å². The number of rotatable bonds is 3. The average Bonchev–Trinajstić information content (AvgIpc) is 3.46. The zero-order chi connectivity index (χ0) is 29.2. The van der Waals surface area contributed by atoms with E-state index in [9.17, 15) is 5.11 Å². The molecule has 0 saturated carbocycles. The summed E-state index contributed by atoms with van der Waals surface area (Å²) in [4.78, 5) is 0. The summed E-state index contributed by atoms with van der Waals surface area (Å²) in [6.45, 7) is 0. The van der Waals surface area contributed by atoms with Crippen molar-refractivity contribution < 1.29 is 5.11 Å². The molecule has 8 aromatic rings. The molecule has 0 aromatic heterocycles. The molecule has 1 aliphatic rings. The second-order valence-electron chi connectivity index (χ2n) is 11.8. The molecule has 206 valence electrons. The van der Waals surface area contributed by atoms with E-state index < -0.39 is 0 Å². The number of phenolic OH excluding ortho intramolecular Hbond substituents is 1. The molecular formula is C43H28O. The molecule has 1 aliphatic carbocycles. The molecule has 0 bridgehead atoms. The van der Waals surface area contributed by atoms with E-state index >= 15 is 0 Å². The Morgan fingerprint density at radius 3 is 1.61 bits per heavy atom. The first-order valence-corrected chi connectivity index (χ1v) is 15.2. The number of hydrogen-bond acceptors (Lipinski definition) is 1. The molecule has 0 saturated heterocycles. The highest BCUT2D eigenvalue weighted by atomic mass is 16.3. The summed E-state index contributed by atoms with van der Waals surface area (Å²) in [5, 5.41) is 17.7. The van der Waals surface area contributed by atoms with Crippen LogP contribution in [0.5, 0.6) is 5.75 Å². The van der Waals surface area contributed by atoms with Crippen LogP contribution in [-0.4, -0.2) is 5.11 Å². The Morgan fingerprint density at radius 1 is 0.364 bits per heavy atom. The lowest BCUT2D eigenvalue weighted by Gasteiger charge is -2.17. The summed E-state index contributed by atoms with van der Waals surface area (Å²) >= 11 is 0. The average molecular weight is 561 g/mol. The molecule has 0 heterocycles. The van der Waals surface area contributed by atoms with Crippen LogP contribution in [0.3, 0.4) is 0 Å². The monoisotopic (exact) mass is 560 g/mol. The first-order valence-electron chi connectivity index (χ1n) is 15.2. The minimum Gasteiger partial charge on any atom is -0.507 e. The molecule has 0 spiro atoms. The van der Waals surface area contributed by atoms with E-state index in [-0.39, 0.29) is 0 Å². The highest BCUT2D eigenvalue weighted by Crippen LogP contribution is 2.48. The quantitative estimate of drug-likeness (QED) is 0.228. The predicted octanol–water partition coefficient (Wildman–Crippen LogP) is 11.4. The molecule has 0 atom stereocenters.